The van der Waals surface area contributed by atoms with Crippen molar-refractivity contribution in [3.05, 3.63) is 33.3 Å². The van der Waals surface area contributed by atoms with Gasteiger partial charge in [0.2, 0.25) is 0 Å². The lowest BCUT2D eigenvalue weighted by atomic mass is 9.97. The lowest BCUT2D eigenvalue weighted by molar-refractivity contribution is 0.229. The summed E-state index contributed by atoms with van der Waals surface area (Å²) in [6.45, 7) is 1.10. The molecule has 4 heteroatoms. The Morgan fingerprint density at radius 1 is 1.41 bits per heavy atom. The van der Waals surface area contributed by atoms with E-state index in [0.717, 1.165) is 22.5 Å². The summed E-state index contributed by atoms with van der Waals surface area (Å²) in [5.74, 6) is 0. The highest BCUT2D eigenvalue weighted by Gasteiger charge is 2.27. The van der Waals surface area contributed by atoms with Gasteiger partial charge in [-0.05, 0) is 44.1 Å². The van der Waals surface area contributed by atoms with E-state index in [4.69, 9.17) is 17.3 Å². The van der Waals surface area contributed by atoms with Crippen molar-refractivity contribution < 1.29 is 0 Å². The smallest absolute Gasteiger partial charge is 0.0507 e. The molecule has 0 aromatic heterocycles. The molecule has 94 valence electrons. The monoisotopic (exact) mass is 316 g/mol. The van der Waals surface area contributed by atoms with Gasteiger partial charge >= 0.3 is 0 Å². The number of hydrogen-bond acceptors (Lipinski definition) is 2. The van der Waals surface area contributed by atoms with Crippen molar-refractivity contribution in [3.63, 3.8) is 0 Å². The number of nitrogens with zero attached hydrogens (tertiary/aromatic N) is 1. The largest absolute Gasteiger partial charge is 0.326 e. The Balaban J connectivity index is 2.34. The summed E-state index contributed by atoms with van der Waals surface area (Å²) in [6.07, 6.45) is 3.53. The SMILES string of the molecule is CN1CCCCC(N)C1c1ccc(Cl)cc1Br. The molecule has 2 rings (SSSR count). The number of halogens is 2. The van der Waals surface area contributed by atoms with Crippen molar-refractivity contribution in [1.82, 2.24) is 4.90 Å². The van der Waals surface area contributed by atoms with Crippen LogP contribution in [0.15, 0.2) is 22.7 Å². The van der Waals surface area contributed by atoms with E-state index in [1.807, 2.05) is 12.1 Å². The van der Waals surface area contributed by atoms with Gasteiger partial charge < -0.3 is 5.73 Å². The quantitative estimate of drug-likeness (QED) is 0.857. The van der Waals surface area contributed by atoms with E-state index in [2.05, 4.69) is 33.9 Å². The van der Waals surface area contributed by atoms with Crippen LogP contribution in [-0.4, -0.2) is 24.5 Å². The Kier molecular flexibility index (Phi) is 4.47. The fourth-order valence-electron chi connectivity index (χ4n) is 2.57. The second-order valence-electron chi connectivity index (χ2n) is 4.75. The molecule has 2 atom stereocenters. The molecule has 17 heavy (non-hydrogen) atoms. The van der Waals surface area contributed by atoms with Gasteiger partial charge in [0.25, 0.3) is 0 Å². The first kappa shape index (κ1) is 13.3. The molecule has 1 aromatic carbocycles. The second kappa shape index (κ2) is 5.70. The Morgan fingerprint density at radius 3 is 2.88 bits per heavy atom. The molecule has 0 aliphatic carbocycles. The van der Waals surface area contributed by atoms with Crippen LogP contribution in [0.2, 0.25) is 5.02 Å². The zero-order chi connectivity index (χ0) is 12.4. The minimum atomic E-state index is 0.194. The molecule has 1 aliphatic rings. The van der Waals surface area contributed by atoms with Crippen LogP contribution in [0.25, 0.3) is 0 Å². The Morgan fingerprint density at radius 2 is 2.18 bits per heavy atom. The van der Waals surface area contributed by atoms with E-state index in [1.54, 1.807) is 0 Å². The zero-order valence-corrected chi connectivity index (χ0v) is 12.3. The van der Waals surface area contributed by atoms with Gasteiger partial charge in [-0.3, -0.25) is 4.90 Å². The standard InChI is InChI=1S/C13H18BrClN2/c1-17-7-3-2-4-12(16)13(17)10-6-5-9(15)8-11(10)14/h5-6,8,12-13H,2-4,7,16H2,1H3. The molecule has 1 aromatic rings. The maximum absolute atomic E-state index is 6.31. The van der Waals surface area contributed by atoms with E-state index < -0.39 is 0 Å². The first-order valence-electron chi connectivity index (χ1n) is 6.00. The first-order valence-corrected chi connectivity index (χ1v) is 7.17. The van der Waals surface area contributed by atoms with Crippen LogP contribution in [0.3, 0.4) is 0 Å². The molecule has 1 heterocycles. The van der Waals surface area contributed by atoms with Crippen molar-refractivity contribution in [3.8, 4) is 0 Å². The van der Waals surface area contributed by atoms with Crippen LogP contribution in [0.4, 0.5) is 0 Å². The Hall–Kier alpha value is -0.0900. The highest BCUT2D eigenvalue weighted by Crippen LogP contribution is 2.34. The molecule has 2 nitrogen and oxygen atoms in total. The van der Waals surface area contributed by atoms with E-state index in [9.17, 15) is 0 Å². The summed E-state index contributed by atoms with van der Waals surface area (Å²) >= 11 is 9.58. The van der Waals surface area contributed by atoms with Crippen LogP contribution < -0.4 is 5.73 Å². The van der Waals surface area contributed by atoms with Gasteiger partial charge in [0.15, 0.2) is 0 Å². The van der Waals surface area contributed by atoms with Crippen LogP contribution in [-0.2, 0) is 0 Å². The molecular weight excluding hydrogens is 300 g/mol. The molecule has 1 fully saturated rings. The maximum Gasteiger partial charge on any atom is 0.0507 e. The third kappa shape index (κ3) is 3.02. The number of hydrogen-bond donors (Lipinski definition) is 1. The number of nitrogens with two attached hydrogens (primary N) is 1. The van der Waals surface area contributed by atoms with Crippen molar-refractivity contribution in [2.24, 2.45) is 5.73 Å². The van der Waals surface area contributed by atoms with E-state index in [-0.39, 0.29) is 12.1 Å². The fraction of sp³-hybridized carbons (Fsp3) is 0.538. The summed E-state index contributed by atoms with van der Waals surface area (Å²) in [5, 5.41) is 0.755. The second-order valence-corrected chi connectivity index (χ2v) is 6.04. The normalized spacial score (nSPS) is 26.8. The van der Waals surface area contributed by atoms with Gasteiger partial charge in [0.1, 0.15) is 0 Å². The van der Waals surface area contributed by atoms with Gasteiger partial charge in [0.05, 0.1) is 6.04 Å². The zero-order valence-electron chi connectivity index (χ0n) is 10.00. The molecule has 1 aliphatic heterocycles. The first-order chi connectivity index (χ1) is 8.09. The lowest BCUT2D eigenvalue weighted by Crippen LogP contribution is -2.37. The maximum atomic E-state index is 6.31. The van der Waals surface area contributed by atoms with Crippen LogP contribution >= 0.6 is 27.5 Å². The highest BCUT2D eigenvalue weighted by molar-refractivity contribution is 9.10. The molecular formula is C13H18BrClN2. The number of rotatable bonds is 1. The molecule has 0 saturated carbocycles. The summed E-state index contributed by atoms with van der Waals surface area (Å²) < 4.78 is 1.05. The van der Waals surface area contributed by atoms with E-state index in [0.29, 0.717) is 0 Å². The van der Waals surface area contributed by atoms with Gasteiger partial charge in [-0.2, -0.15) is 0 Å². The number of likely N-dealkylation sites (tertiary alicyclic amines) is 1. The van der Waals surface area contributed by atoms with Gasteiger partial charge in [0, 0.05) is 15.5 Å². The third-order valence-electron chi connectivity index (χ3n) is 3.46. The van der Waals surface area contributed by atoms with Crippen molar-refractivity contribution in [2.75, 3.05) is 13.6 Å². The molecule has 0 bridgehead atoms. The van der Waals surface area contributed by atoms with Crippen LogP contribution in [0.1, 0.15) is 30.9 Å². The van der Waals surface area contributed by atoms with E-state index in [1.165, 1.54) is 18.4 Å². The summed E-state index contributed by atoms with van der Waals surface area (Å²) in [6, 6.07) is 6.44. The molecule has 0 spiro atoms. The third-order valence-corrected chi connectivity index (χ3v) is 4.38. The summed E-state index contributed by atoms with van der Waals surface area (Å²) in [5.41, 5.74) is 7.55. The van der Waals surface area contributed by atoms with Crippen molar-refractivity contribution in [1.29, 1.82) is 0 Å². The molecule has 0 radical (unpaired) electrons. The molecule has 0 amide bonds. The van der Waals surface area contributed by atoms with Gasteiger partial charge in [-0.25, -0.2) is 0 Å². The predicted molar refractivity (Wildman–Crippen MR) is 76.3 cm³/mol. The van der Waals surface area contributed by atoms with Gasteiger partial charge in [-0.15, -0.1) is 0 Å². The molecule has 2 unspecified atom stereocenters. The van der Waals surface area contributed by atoms with Gasteiger partial charge in [-0.1, -0.05) is 40.0 Å². The molecule has 1 saturated heterocycles. The summed E-state index contributed by atoms with van der Waals surface area (Å²) in [4.78, 5) is 2.35. The lowest BCUT2D eigenvalue weighted by Gasteiger charge is -2.31. The Labute approximate surface area is 116 Å². The fourth-order valence-corrected chi connectivity index (χ4v) is 3.49. The summed E-state index contributed by atoms with van der Waals surface area (Å²) in [7, 11) is 2.15. The minimum absolute atomic E-state index is 0.194. The van der Waals surface area contributed by atoms with Crippen molar-refractivity contribution in [2.45, 2.75) is 31.3 Å². The van der Waals surface area contributed by atoms with Crippen LogP contribution in [0.5, 0.6) is 0 Å². The minimum Gasteiger partial charge on any atom is -0.326 e. The van der Waals surface area contributed by atoms with Crippen molar-refractivity contribution >= 4 is 27.5 Å². The Bertz CT molecular complexity index is 385. The predicted octanol–water partition coefficient (Wildman–Crippen LogP) is 3.59. The van der Waals surface area contributed by atoms with E-state index >= 15 is 0 Å². The van der Waals surface area contributed by atoms with Crippen LogP contribution in [0, 0.1) is 0 Å². The topological polar surface area (TPSA) is 29.3 Å². The number of likely N-dealkylation sites (N-methyl/N-ethyl adjacent to an activating group) is 1. The average molecular weight is 318 g/mol. The average Bonchev–Trinajstić information content (AvgIpc) is 2.42. The number of benzene rings is 1. The highest BCUT2D eigenvalue weighted by atomic mass is 79.9. The molecule has 2 N–H and O–H groups in total.